The number of aliphatic carboxylic acids is 2. The van der Waals surface area contributed by atoms with Crippen molar-refractivity contribution in [1.29, 1.82) is 0 Å². The maximum Gasteiger partial charge on any atom is 0.326 e. The zero-order valence-electron chi connectivity index (χ0n) is 14.0. The fourth-order valence-electron chi connectivity index (χ4n) is 1.88. The first-order valence-corrected chi connectivity index (χ1v) is 7.54. The summed E-state index contributed by atoms with van der Waals surface area (Å²) in [6, 6.07) is -3.88. The molecule has 0 aromatic heterocycles. The highest BCUT2D eigenvalue weighted by molar-refractivity contribution is 5.93. The van der Waals surface area contributed by atoms with Gasteiger partial charge in [0.05, 0.1) is 12.5 Å². The van der Waals surface area contributed by atoms with Crippen LogP contribution >= 0.6 is 0 Å². The van der Waals surface area contributed by atoms with Crippen LogP contribution < -0.4 is 22.1 Å². The van der Waals surface area contributed by atoms with Gasteiger partial charge < -0.3 is 32.3 Å². The maximum absolute atomic E-state index is 12.3. The van der Waals surface area contributed by atoms with Gasteiger partial charge in [-0.25, -0.2) is 4.79 Å². The summed E-state index contributed by atoms with van der Waals surface area (Å²) >= 11 is 0. The monoisotopic (exact) mass is 360 g/mol. The van der Waals surface area contributed by atoms with Crippen molar-refractivity contribution in [2.24, 2.45) is 17.4 Å². The first-order valence-electron chi connectivity index (χ1n) is 7.54. The number of amides is 3. The Labute approximate surface area is 144 Å². The van der Waals surface area contributed by atoms with E-state index in [1.807, 2.05) is 0 Å². The number of nitrogens with two attached hydrogens (primary N) is 2. The molecule has 0 aromatic rings. The van der Waals surface area contributed by atoms with Gasteiger partial charge in [0.25, 0.3) is 0 Å². The van der Waals surface area contributed by atoms with Gasteiger partial charge in [0, 0.05) is 6.42 Å². The fourth-order valence-corrected chi connectivity index (χ4v) is 1.88. The van der Waals surface area contributed by atoms with Crippen molar-refractivity contribution in [2.45, 2.75) is 51.2 Å². The van der Waals surface area contributed by atoms with Gasteiger partial charge in [-0.1, -0.05) is 13.8 Å². The van der Waals surface area contributed by atoms with Crippen LogP contribution in [0.25, 0.3) is 0 Å². The van der Waals surface area contributed by atoms with E-state index in [0.717, 1.165) is 0 Å². The molecule has 0 saturated heterocycles. The van der Waals surface area contributed by atoms with Crippen LogP contribution in [0.1, 0.15) is 33.1 Å². The molecule has 11 heteroatoms. The average Bonchev–Trinajstić information content (AvgIpc) is 2.46. The maximum atomic E-state index is 12.3. The van der Waals surface area contributed by atoms with Gasteiger partial charge in [-0.15, -0.1) is 0 Å². The lowest BCUT2D eigenvalue weighted by atomic mass is 10.0. The normalized spacial score (nSPS) is 14.2. The zero-order chi connectivity index (χ0) is 19.7. The Kier molecular flexibility index (Phi) is 9.13. The van der Waals surface area contributed by atoms with Gasteiger partial charge in [-0.05, 0) is 12.3 Å². The number of primary amides is 1. The molecule has 142 valence electrons. The number of hydrogen-bond acceptors (Lipinski definition) is 6. The van der Waals surface area contributed by atoms with Crippen LogP contribution in [0.4, 0.5) is 0 Å². The van der Waals surface area contributed by atoms with Gasteiger partial charge in [0.2, 0.25) is 17.7 Å². The van der Waals surface area contributed by atoms with Crippen LogP contribution in [0.15, 0.2) is 0 Å². The van der Waals surface area contributed by atoms with Crippen LogP contribution in [0.3, 0.4) is 0 Å². The quantitative estimate of drug-likeness (QED) is 0.237. The third-order valence-electron chi connectivity index (χ3n) is 3.27. The molecule has 3 unspecified atom stereocenters. The molecule has 0 radical (unpaired) electrons. The molecule has 3 amide bonds. The Morgan fingerprint density at radius 1 is 1.00 bits per heavy atom. The molecule has 25 heavy (non-hydrogen) atoms. The molecule has 0 rings (SSSR count). The van der Waals surface area contributed by atoms with Crippen LogP contribution in [-0.4, -0.2) is 58.0 Å². The number of carboxylic acids is 2. The molecule has 0 aliphatic rings. The lowest BCUT2D eigenvalue weighted by molar-refractivity contribution is -0.144. The lowest BCUT2D eigenvalue weighted by Crippen LogP contribution is -2.55. The first-order chi connectivity index (χ1) is 11.5. The van der Waals surface area contributed by atoms with Crippen molar-refractivity contribution in [2.75, 3.05) is 0 Å². The number of carbonyl (C=O) groups is 5. The van der Waals surface area contributed by atoms with Crippen molar-refractivity contribution in [1.82, 2.24) is 10.6 Å². The van der Waals surface area contributed by atoms with Crippen molar-refractivity contribution in [3.63, 3.8) is 0 Å². The van der Waals surface area contributed by atoms with Crippen LogP contribution in [-0.2, 0) is 24.0 Å². The SMILES string of the molecule is CC(C)C(NC(=O)C(CCC(N)=O)NC(=O)C(N)CC(=O)O)C(=O)O. The first kappa shape index (κ1) is 22.3. The van der Waals surface area contributed by atoms with Crippen molar-refractivity contribution >= 4 is 29.7 Å². The molecular weight excluding hydrogens is 336 g/mol. The summed E-state index contributed by atoms with van der Waals surface area (Å²) in [5.74, 6) is -5.46. The number of hydrogen-bond donors (Lipinski definition) is 6. The molecule has 0 aromatic carbocycles. The van der Waals surface area contributed by atoms with E-state index < -0.39 is 60.1 Å². The topological polar surface area (TPSA) is 202 Å². The minimum absolute atomic E-state index is 0.183. The minimum atomic E-state index is -1.40. The average molecular weight is 360 g/mol. The summed E-state index contributed by atoms with van der Waals surface area (Å²) in [6.07, 6.45) is -1.08. The van der Waals surface area contributed by atoms with E-state index in [-0.39, 0.29) is 12.8 Å². The molecule has 0 aliphatic heterocycles. The summed E-state index contributed by atoms with van der Waals surface area (Å²) in [7, 11) is 0. The Morgan fingerprint density at radius 3 is 1.96 bits per heavy atom. The van der Waals surface area contributed by atoms with Gasteiger partial charge in [0.15, 0.2) is 0 Å². The second-order valence-corrected chi connectivity index (χ2v) is 5.84. The Hall–Kier alpha value is -2.69. The molecule has 0 heterocycles. The summed E-state index contributed by atoms with van der Waals surface area (Å²) < 4.78 is 0. The van der Waals surface area contributed by atoms with Crippen LogP contribution in [0.5, 0.6) is 0 Å². The van der Waals surface area contributed by atoms with Crippen molar-refractivity contribution in [3.05, 3.63) is 0 Å². The molecule has 8 N–H and O–H groups in total. The van der Waals surface area contributed by atoms with E-state index in [0.29, 0.717) is 0 Å². The zero-order valence-corrected chi connectivity index (χ0v) is 14.0. The molecule has 0 fully saturated rings. The molecule has 3 atom stereocenters. The third kappa shape index (κ3) is 8.65. The van der Waals surface area contributed by atoms with Gasteiger partial charge >= 0.3 is 11.9 Å². The summed E-state index contributed by atoms with van der Waals surface area (Å²) in [5, 5.41) is 22.2. The molecule has 0 aliphatic carbocycles. The standard InChI is InChI=1S/C14H24N4O7/c1-6(2)11(14(24)25)18-13(23)8(3-4-9(16)19)17-12(22)7(15)5-10(20)21/h6-8,11H,3-5,15H2,1-2H3,(H2,16,19)(H,17,22)(H,18,23)(H,20,21)(H,24,25). The predicted molar refractivity (Wildman–Crippen MR) is 85.0 cm³/mol. The fraction of sp³-hybridized carbons (Fsp3) is 0.643. The van der Waals surface area contributed by atoms with Crippen molar-refractivity contribution < 1.29 is 34.2 Å². The highest BCUT2D eigenvalue weighted by Crippen LogP contribution is 2.05. The van der Waals surface area contributed by atoms with Gasteiger partial charge in [0.1, 0.15) is 12.1 Å². The van der Waals surface area contributed by atoms with E-state index in [4.69, 9.17) is 21.7 Å². The van der Waals surface area contributed by atoms with E-state index in [1.54, 1.807) is 13.8 Å². The van der Waals surface area contributed by atoms with Crippen LogP contribution in [0.2, 0.25) is 0 Å². The van der Waals surface area contributed by atoms with E-state index >= 15 is 0 Å². The van der Waals surface area contributed by atoms with Crippen LogP contribution in [0, 0.1) is 5.92 Å². The third-order valence-corrected chi connectivity index (χ3v) is 3.27. The summed E-state index contributed by atoms with van der Waals surface area (Å²) in [6.45, 7) is 3.16. The van der Waals surface area contributed by atoms with E-state index in [9.17, 15) is 24.0 Å². The van der Waals surface area contributed by atoms with E-state index in [2.05, 4.69) is 10.6 Å². The second-order valence-electron chi connectivity index (χ2n) is 5.84. The largest absolute Gasteiger partial charge is 0.481 e. The highest BCUT2D eigenvalue weighted by atomic mass is 16.4. The number of carbonyl (C=O) groups excluding carboxylic acids is 3. The van der Waals surface area contributed by atoms with Crippen molar-refractivity contribution in [3.8, 4) is 0 Å². The molecule has 0 saturated carbocycles. The van der Waals surface area contributed by atoms with Gasteiger partial charge in [-0.2, -0.15) is 0 Å². The smallest absolute Gasteiger partial charge is 0.326 e. The highest BCUT2D eigenvalue weighted by Gasteiger charge is 2.30. The summed E-state index contributed by atoms with van der Waals surface area (Å²) in [5.41, 5.74) is 10.4. The Bertz CT molecular complexity index is 535. The predicted octanol–water partition coefficient (Wildman–Crippen LogP) is -2.24. The Morgan fingerprint density at radius 2 is 1.56 bits per heavy atom. The Balaban J connectivity index is 5.10. The number of rotatable bonds is 11. The molecular formula is C14H24N4O7. The lowest BCUT2D eigenvalue weighted by Gasteiger charge is -2.24. The van der Waals surface area contributed by atoms with Gasteiger partial charge in [-0.3, -0.25) is 19.2 Å². The number of nitrogens with one attached hydrogen (secondary N) is 2. The minimum Gasteiger partial charge on any atom is -0.481 e. The molecule has 0 bridgehead atoms. The number of carboxylic acid groups (broad SMARTS) is 2. The molecule has 11 nitrogen and oxygen atoms in total. The molecule has 0 spiro atoms. The second kappa shape index (κ2) is 10.2. The summed E-state index contributed by atoms with van der Waals surface area (Å²) in [4.78, 5) is 56.8. The van der Waals surface area contributed by atoms with E-state index in [1.165, 1.54) is 0 Å².